The molecule has 0 unspecified atom stereocenters. The minimum atomic E-state index is -4.97. The van der Waals surface area contributed by atoms with Crippen LogP contribution in [0.2, 0.25) is 0 Å². The molecule has 78 valence electrons. The fraction of sp³-hybridized carbons (Fsp3) is 0.286. The summed E-state index contributed by atoms with van der Waals surface area (Å²) in [6.07, 6.45) is 1.10. The number of aromatic nitrogens is 1. The molecule has 1 rings (SSSR count). The smallest absolute Gasteiger partial charge is 0.302 e. The number of pyridine rings is 1. The summed E-state index contributed by atoms with van der Waals surface area (Å²) in [5.41, 5.74) is -0.723. The van der Waals surface area contributed by atoms with E-state index in [-0.39, 0.29) is 0 Å². The Hall–Kier alpha value is -1.08. The molecular weight excluding hydrogens is 216 g/mol. The number of nitrogens with zero attached hydrogens (tertiary/aromatic N) is 1. The molecule has 0 amide bonds. The second-order valence-corrected chi connectivity index (χ2v) is 4.03. The first-order valence-corrected chi connectivity index (χ1v) is 5.12. The molecule has 0 atom stereocenters. The molecule has 1 heterocycles. The fourth-order valence-electron chi connectivity index (χ4n) is 0.875. The molecule has 0 aliphatic carbocycles. The van der Waals surface area contributed by atoms with Gasteiger partial charge in [0.1, 0.15) is 21.6 Å². The predicted molar refractivity (Wildman–Crippen MR) is 42.7 cm³/mol. The minimum absolute atomic E-state index is 0.723. The number of hydrogen-bond donors (Lipinski definition) is 0. The fourth-order valence-corrected chi connectivity index (χ4v) is 1.47. The van der Waals surface area contributed by atoms with Gasteiger partial charge in [0.05, 0.1) is 0 Å². The Morgan fingerprint density at radius 3 is 2.50 bits per heavy atom. The van der Waals surface area contributed by atoms with Crippen LogP contribution in [-0.2, 0) is 16.0 Å². The third-order valence-corrected chi connectivity index (χ3v) is 2.11. The highest BCUT2D eigenvalue weighted by Crippen LogP contribution is 2.27. The van der Waals surface area contributed by atoms with E-state index in [0.29, 0.717) is 0 Å². The molecule has 7 heteroatoms. The van der Waals surface area contributed by atoms with Crippen molar-refractivity contribution in [3.63, 3.8) is 0 Å². The highest BCUT2D eigenvalue weighted by molar-refractivity contribution is 7.85. The summed E-state index contributed by atoms with van der Waals surface area (Å²) in [4.78, 5) is 3.28. The van der Waals surface area contributed by atoms with Gasteiger partial charge in [-0.15, -0.1) is 0 Å². The SMILES string of the molecule is O=S(=O)([O-])CC(F)(F)c1ccccn1. The maximum absolute atomic E-state index is 13.0. The maximum Gasteiger partial charge on any atom is 0.302 e. The van der Waals surface area contributed by atoms with Gasteiger partial charge in [0.15, 0.2) is 0 Å². The maximum atomic E-state index is 13.0. The molecule has 0 aliphatic rings. The quantitative estimate of drug-likeness (QED) is 0.706. The van der Waals surface area contributed by atoms with Crippen LogP contribution in [0, 0.1) is 0 Å². The standard InChI is InChI=1S/C7H7F2NO3S/c8-7(9,5-14(11,12)13)6-3-1-2-4-10-6/h1-4H,5H2,(H,11,12,13)/p-1. The van der Waals surface area contributed by atoms with Crippen LogP contribution in [0.1, 0.15) is 5.69 Å². The Bertz CT molecular complexity index is 404. The zero-order chi connectivity index (χ0) is 10.8. The molecule has 0 saturated heterocycles. The molecule has 0 aromatic carbocycles. The van der Waals surface area contributed by atoms with E-state index in [9.17, 15) is 21.8 Å². The van der Waals surface area contributed by atoms with E-state index in [1.54, 1.807) is 0 Å². The van der Waals surface area contributed by atoms with Crippen molar-refractivity contribution in [1.82, 2.24) is 4.98 Å². The van der Waals surface area contributed by atoms with E-state index in [4.69, 9.17) is 0 Å². The van der Waals surface area contributed by atoms with E-state index < -0.39 is 27.5 Å². The summed E-state index contributed by atoms with van der Waals surface area (Å²) < 4.78 is 56.5. The lowest BCUT2D eigenvalue weighted by atomic mass is 10.2. The van der Waals surface area contributed by atoms with Crippen LogP contribution in [0.3, 0.4) is 0 Å². The van der Waals surface area contributed by atoms with E-state index in [1.807, 2.05) is 0 Å². The first-order valence-electron chi connectivity index (χ1n) is 3.54. The molecule has 0 spiro atoms. The molecule has 0 N–H and O–H groups in total. The Morgan fingerprint density at radius 1 is 1.43 bits per heavy atom. The monoisotopic (exact) mass is 222 g/mol. The first kappa shape index (κ1) is 11.0. The average Bonchev–Trinajstić information content (AvgIpc) is 2.01. The molecule has 0 aliphatic heterocycles. The van der Waals surface area contributed by atoms with Gasteiger partial charge in [-0.05, 0) is 12.1 Å². The lowest BCUT2D eigenvalue weighted by Gasteiger charge is -2.17. The summed E-state index contributed by atoms with van der Waals surface area (Å²) in [6, 6.07) is 3.66. The van der Waals surface area contributed by atoms with Gasteiger partial charge in [-0.2, -0.15) is 8.78 Å². The summed E-state index contributed by atoms with van der Waals surface area (Å²) in [7, 11) is -4.97. The minimum Gasteiger partial charge on any atom is -0.748 e. The Morgan fingerprint density at radius 2 is 2.07 bits per heavy atom. The van der Waals surface area contributed by atoms with Crippen molar-refractivity contribution < 1.29 is 21.8 Å². The van der Waals surface area contributed by atoms with Crippen molar-refractivity contribution >= 4 is 10.1 Å². The van der Waals surface area contributed by atoms with Crippen molar-refractivity contribution in [1.29, 1.82) is 0 Å². The van der Waals surface area contributed by atoms with E-state index in [0.717, 1.165) is 12.3 Å². The van der Waals surface area contributed by atoms with Gasteiger partial charge in [-0.25, -0.2) is 8.42 Å². The second kappa shape index (κ2) is 3.58. The van der Waals surface area contributed by atoms with Crippen LogP contribution in [0.15, 0.2) is 24.4 Å². The van der Waals surface area contributed by atoms with Crippen LogP contribution in [0.4, 0.5) is 8.78 Å². The summed E-state index contributed by atoms with van der Waals surface area (Å²) in [6.45, 7) is 0. The van der Waals surface area contributed by atoms with Crippen molar-refractivity contribution in [2.75, 3.05) is 5.75 Å². The topological polar surface area (TPSA) is 70.1 Å². The molecule has 0 bridgehead atoms. The first-order chi connectivity index (χ1) is 6.31. The van der Waals surface area contributed by atoms with Crippen molar-refractivity contribution in [3.8, 4) is 0 Å². The van der Waals surface area contributed by atoms with E-state index in [2.05, 4.69) is 4.98 Å². The lowest BCUT2D eigenvalue weighted by molar-refractivity contribution is 0.0150. The van der Waals surface area contributed by atoms with Crippen LogP contribution in [0.25, 0.3) is 0 Å². The van der Waals surface area contributed by atoms with Crippen LogP contribution in [0.5, 0.6) is 0 Å². The van der Waals surface area contributed by atoms with Gasteiger partial charge >= 0.3 is 5.92 Å². The highest BCUT2D eigenvalue weighted by atomic mass is 32.2. The highest BCUT2D eigenvalue weighted by Gasteiger charge is 2.35. The summed E-state index contributed by atoms with van der Waals surface area (Å²) in [5, 5.41) is 0. The average molecular weight is 222 g/mol. The van der Waals surface area contributed by atoms with Crippen LogP contribution in [-0.4, -0.2) is 23.7 Å². The van der Waals surface area contributed by atoms with Crippen LogP contribution >= 0.6 is 0 Å². The third-order valence-electron chi connectivity index (χ3n) is 1.40. The van der Waals surface area contributed by atoms with Gasteiger partial charge in [-0.3, -0.25) is 4.98 Å². The number of alkyl halides is 2. The number of rotatable bonds is 3. The van der Waals surface area contributed by atoms with Crippen molar-refractivity contribution in [3.05, 3.63) is 30.1 Å². The zero-order valence-electron chi connectivity index (χ0n) is 6.85. The Labute approximate surface area is 79.3 Å². The second-order valence-electron chi connectivity index (χ2n) is 2.62. The van der Waals surface area contributed by atoms with Gasteiger partial charge < -0.3 is 4.55 Å². The predicted octanol–water partition coefficient (Wildman–Crippen LogP) is 0.719. The number of halogens is 2. The molecule has 4 nitrogen and oxygen atoms in total. The Balaban J connectivity index is 2.97. The Kier molecular flexibility index (Phi) is 2.81. The molecule has 14 heavy (non-hydrogen) atoms. The summed E-state index contributed by atoms with van der Waals surface area (Å²) >= 11 is 0. The lowest BCUT2D eigenvalue weighted by Crippen LogP contribution is -2.26. The van der Waals surface area contributed by atoms with Gasteiger partial charge in [-0.1, -0.05) is 6.07 Å². The summed E-state index contributed by atoms with van der Waals surface area (Å²) in [5.74, 6) is -5.50. The van der Waals surface area contributed by atoms with E-state index >= 15 is 0 Å². The number of hydrogen-bond acceptors (Lipinski definition) is 4. The molecule has 1 aromatic heterocycles. The van der Waals surface area contributed by atoms with E-state index in [1.165, 1.54) is 12.1 Å². The largest absolute Gasteiger partial charge is 0.748 e. The van der Waals surface area contributed by atoms with Crippen molar-refractivity contribution in [2.24, 2.45) is 0 Å². The molecule has 0 fully saturated rings. The molecule has 0 radical (unpaired) electrons. The third kappa shape index (κ3) is 3.00. The zero-order valence-corrected chi connectivity index (χ0v) is 7.67. The van der Waals surface area contributed by atoms with Gasteiger partial charge in [0, 0.05) is 6.20 Å². The van der Waals surface area contributed by atoms with Gasteiger partial charge in [0.25, 0.3) is 0 Å². The van der Waals surface area contributed by atoms with Gasteiger partial charge in [0.2, 0.25) is 0 Å². The molecule has 0 saturated carbocycles. The normalized spacial score (nSPS) is 12.8. The molecule has 1 aromatic rings. The van der Waals surface area contributed by atoms with Crippen molar-refractivity contribution in [2.45, 2.75) is 5.92 Å². The molecular formula is C7H6F2NO3S-. The van der Waals surface area contributed by atoms with Crippen LogP contribution < -0.4 is 0 Å².